The SMILES string of the molecule is C/C(CC(C)C)=N\NC(=O)COc1ccc(Cl)cc1. The number of amides is 1. The van der Waals surface area contributed by atoms with Crippen molar-refractivity contribution >= 4 is 23.2 Å². The summed E-state index contributed by atoms with van der Waals surface area (Å²) in [7, 11) is 0. The Morgan fingerprint density at radius 3 is 2.58 bits per heavy atom. The molecule has 0 fully saturated rings. The monoisotopic (exact) mass is 282 g/mol. The molecule has 0 aromatic heterocycles. The van der Waals surface area contributed by atoms with E-state index < -0.39 is 0 Å². The quantitative estimate of drug-likeness (QED) is 0.643. The first-order chi connectivity index (χ1) is 8.97. The Morgan fingerprint density at radius 1 is 1.37 bits per heavy atom. The number of hydrogen-bond acceptors (Lipinski definition) is 3. The molecule has 0 saturated heterocycles. The van der Waals surface area contributed by atoms with Gasteiger partial charge in [0.25, 0.3) is 5.91 Å². The summed E-state index contributed by atoms with van der Waals surface area (Å²) in [5.74, 6) is 0.839. The molecule has 0 aliphatic heterocycles. The van der Waals surface area contributed by atoms with Crippen molar-refractivity contribution < 1.29 is 9.53 Å². The fourth-order valence-corrected chi connectivity index (χ4v) is 1.63. The summed E-state index contributed by atoms with van der Waals surface area (Å²) in [5, 5.41) is 4.64. The molecular formula is C14H19ClN2O2. The topological polar surface area (TPSA) is 50.7 Å². The van der Waals surface area contributed by atoms with Gasteiger partial charge in [-0.25, -0.2) is 5.43 Å². The molecule has 0 unspecified atom stereocenters. The van der Waals surface area contributed by atoms with E-state index in [0.717, 1.165) is 12.1 Å². The minimum atomic E-state index is -0.280. The van der Waals surface area contributed by atoms with E-state index in [2.05, 4.69) is 24.4 Å². The van der Waals surface area contributed by atoms with Crippen LogP contribution in [0.4, 0.5) is 0 Å². The maximum atomic E-state index is 11.5. The molecule has 19 heavy (non-hydrogen) atoms. The van der Waals surface area contributed by atoms with E-state index in [1.54, 1.807) is 24.3 Å². The van der Waals surface area contributed by atoms with Crippen LogP contribution in [0.3, 0.4) is 0 Å². The number of nitrogens with one attached hydrogen (secondary N) is 1. The minimum absolute atomic E-state index is 0.0694. The highest BCUT2D eigenvalue weighted by Gasteiger charge is 2.03. The van der Waals surface area contributed by atoms with E-state index in [9.17, 15) is 4.79 Å². The zero-order chi connectivity index (χ0) is 14.3. The van der Waals surface area contributed by atoms with E-state index in [1.165, 1.54) is 0 Å². The molecule has 0 heterocycles. The number of carbonyl (C=O) groups is 1. The average Bonchev–Trinajstić information content (AvgIpc) is 2.35. The second-order valence-corrected chi connectivity index (χ2v) is 5.16. The van der Waals surface area contributed by atoms with Crippen LogP contribution in [0.1, 0.15) is 27.2 Å². The molecule has 5 heteroatoms. The first-order valence-corrected chi connectivity index (χ1v) is 6.55. The number of hydrogen-bond donors (Lipinski definition) is 1. The molecule has 0 saturated carbocycles. The summed E-state index contributed by atoms with van der Waals surface area (Å²) in [6, 6.07) is 6.84. The molecule has 1 aromatic carbocycles. The van der Waals surface area contributed by atoms with Gasteiger partial charge in [0.2, 0.25) is 0 Å². The number of halogens is 1. The van der Waals surface area contributed by atoms with Gasteiger partial charge in [0.05, 0.1) is 0 Å². The summed E-state index contributed by atoms with van der Waals surface area (Å²) in [6.07, 6.45) is 0.859. The lowest BCUT2D eigenvalue weighted by molar-refractivity contribution is -0.123. The van der Waals surface area contributed by atoms with E-state index in [-0.39, 0.29) is 12.5 Å². The van der Waals surface area contributed by atoms with Crippen LogP contribution in [0.2, 0.25) is 5.02 Å². The number of benzene rings is 1. The van der Waals surface area contributed by atoms with Crippen LogP contribution in [-0.4, -0.2) is 18.2 Å². The van der Waals surface area contributed by atoms with Gasteiger partial charge < -0.3 is 4.74 Å². The van der Waals surface area contributed by atoms with Crippen molar-refractivity contribution in [3.8, 4) is 5.75 Å². The first-order valence-electron chi connectivity index (χ1n) is 6.17. The van der Waals surface area contributed by atoms with Crippen molar-refractivity contribution in [1.82, 2.24) is 5.43 Å². The van der Waals surface area contributed by atoms with Crippen LogP contribution in [0.5, 0.6) is 5.75 Å². The zero-order valence-electron chi connectivity index (χ0n) is 11.4. The Morgan fingerprint density at radius 2 is 2.00 bits per heavy atom. The van der Waals surface area contributed by atoms with Crippen LogP contribution < -0.4 is 10.2 Å². The number of rotatable bonds is 6. The third-order valence-electron chi connectivity index (χ3n) is 2.26. The molecule has 0 spiro atoms. The van der Waals surface area contributed by atoms with E-state index in [4.69, 9.17) is 16.3 Å². The molecule has 0 bridgehead atoms. The molecule has 1 aromatic rings. The van der Waals surface area contributed by atoms with Crippen molar-refractivity contribution in [3.63, 3.8) is 0 Å². The summed E-state index contributed by atoms with van der Waals surface area (Å²) >= 11 is 5.75. The Bertz CT molecular complexity index is 441. The maximum absolute atomic E-state index is 11.5. The predicted octanol–water partition coefficient (Wildman–Crippen LogP) is 3.26. The number of carbonyl (C=O) groups excluding carboxylic acids is 1. The van der Waals surface area contributed by atoms with Gasteiger partial charge in [-0.2, -0.15) is 5.10 Å². The third-order valence-corrected chi connectivity index (χ3v) is 2.51. The number of hydrazone groups is 1. The highest BCUT2D eigenvalue weighted by molar-refractivity contribution is 6.30. The Labute approximate surface area is 118 Å². The summed E-state index contributed by atoms with van der Waals surface area (Å²) in [6.45, 7) is 6.02. The Hall–Kier alpha value is -1.55. The van der Waals surface area contributed by atoms with Crippen LogP contribution in [0.15, 0.2) is 29.4 Å². The molecule has 0 atom stereocenters. The summed E-state index contributed by atoms with van der Waals surface area (Å²) < 4.78 is 5.30. The molecular weight excluding hydrogens is 264 g/mol. The number of ether oxygens (including phenoxy) is 1. The van der Waals surface area contributed by atoms with Crippen LogP contribution in [0.25, 0.3) is 0 Å². The van der Waals surface area contributed by atoms with Crippen molar-refractivity contribution in [3.05, 3.63) is 29.3 Å². The Balaban J connectivity index is 2.34. The van der Waals surface area contributed by atoms with Gasteiger partial charge in [0.15, 0.2) is 6.61 Å². The highest BCUT2D eigenvalue weighted by Crippen LogP contribution is 2.15. The van der Waals surface area contributed by atoms with Crippen LogP contribution >= 0.6 is 11.6 Å². The van der Waals surface area contributed by atoms with Gasteiger partial charge in [0, 0.05) is 10.7 Å². The molecule has 4 nitrogen and oxygen atoms in total. The van der Waals surface area contributed by atoms with Gasteiger partial charge >= 0.3 is 0 Å². The smallest absolute Gasteiger partial charge is 0.277 e. The standard InChI is InChI=1S/C14H19ClN2O2/c1-10(2)8-11(3)16-17-14(18)9-19-13-6-4-12(15)5-7-13/h4-7,10H,8-9H2,1-3H3,(H,17,18)/b16-11+. The molecule has 0 aliphatic carbocycles. The van der Waals surface area contributed by atoms with Gasteiger partial charge in [-0.15, -0.1) is 0 Å². The normalized spacial score (nSPS) is 11.5. The van der Waals surface area contributed by atoms with Gasteiger partial charge in [-0.3, -0.25) is 4.79 Å². The lowest BCUT2D eigenvalue weighted by Crippen LogP contribution is -2.25. The maximum Gasteiger partial charge on any atom is 0.277 e. The molecule has 1 N–H and O–H groups in total. The highest BCUT2D eigenvalue weighted by atomic mass is 35.5. The van der Waals surface area contributed by atoms with E-state index in [0.29, 0.717) is 16.7 Å². The largest absolute Gasteiger partial charge is 0.484 e. The molecule has 1 amide bonds. The minimum Gasteiger partial charge on any atom is -0.484 e. The lowest BCUT2D eigenvalue weighted by atomic mass is 10.1. The first kappa shape index (κ1) is 15.5. The third kappa shape index (κ3) is 6.82. The fourth-order valence-electron chi connectivity index (χ4n) is 1.51. The van der Waals surface area contributed by atoms with E-state index >= 15 is 0 Å². The molecule has 0 radical (unpaired) electrons. The van der Waals surface area contributed by atoms with Crippen molar-refractivity contribution in [1.29, 1.82) is 0 Å². The van der Waals surface area contributed by atoms with Gasteiger partial charge in [-0.1, -0.05) is 25.4 Å². The van der Waals surface area contributed by atoms with Crippen molar-refractivity contribution in [2.75, 3.05) is 6.61 Å². The predicted molar refractivity (Wildman–Crippen MR) is 77.7 cm³/mol. The van der Waals surface area contributed by atoms with Gasteiger partial charge in [-0.05, 0) is 43.5 Å². The van der Waals surface area contributed by atoms with Crippen LogP contribution in [0, 0.1) is 5.92 Å². The zero-order valence-corrected chi connectivity index (χ0v) is 12.2. The number of nitrogens with zero attached hydrogens (tertiary/aromatic N) is 1. The molecule has 1 rings (SSSR count). The Kier molecular flexibility index (Phi) is 6.36. The van der Waals surface area contributed by atoms with Gasteiger partial charge in [0.1, 0.15) is 5.75 Å². The second-order valence-electron chi connectivity index (χ2n) is 4.72. The fraction of sp³-hybridized carbons (Fsp3) is 0.429. The van der Waals surface area contributed by atoms with Crippen molar-refractivity contribution in [2.24, 2.45) is 11.0 Å². The molecule has 0 aliphatic rings. The average molecular weight is 283 g/mol. The van der Waals surface area contributed by atoms with Crippen LogP contribution in [-0.2, 0) is 4.79 Å². The van der Waals surface area contributed by atoms with E-state index in [1.807, 2.05) is 6.92 Å². The lowest BCUT2D eigenvalue weighted by Gasteiger charge is -2.06. The second kappa shape index (κ2) is 7.79. The summed E-state index contributed by atoms with van der Waals surface area (Å²) in [4.78, 5) is 11.5. The molecule has 104 valence electrons. The van der Waals surface area contributed by atoms with Crippen molar-refractivity contribution in [2.45, 2.75) is 27.2 Å². The summed E-state index contributed by atoms with van der Waals surface area (Å²) in [5.41, 5.74) is 3.37.